The lowest BCUT2D eigenvalue weighted by Crippen LogP contribution is -2.02. The summed E-state index contributed by atoms with van der Waals surface area (Å²) in [7, 11) is 1.49. The molecular weight excluding hydrogens is 122 g/mol. The molecule has 1 N–H and O–H groups in total. The number of allylic oxidation sites excluding steroid dienone is 1. The Balaban J connectivity index is 4.20. The van der Waals surface area contributed by atoms with Gasteiger partial charge < -0.3 is 5.32 Å². The molecular formula is C4H5N3O2. The van der Waals surface area contributed by atoms with Crippen molar-refractivity contribution in [2.45, 2.75) is 0 Å². The van der Waals surface area contributed by atoms with Crippen molar-refractivity contribution in [3.8, 4) is 6.07 Å². The fourth-order valence-corrected chi connectivity index (χ4v) is 0.263. The second kappa shape index (κ2) is 3.43. The van der Waals surface area contributed by atoms with E-state index in [0.717, 1.165) is 6.20 Å². The molecule has 48 valence electrons. The van der Waals surface area contributed by atoms with Crippen molar-refractivity contribution in [1.29, 1.82) is 5.26 Å². The summed E-state index contributed by atoms with van der Waals surface area (Å²) >= 11 is 0. The van der Waals surface area contributed by atoms with Crippen LogP contribution in [0.4, 0.5) is 0 Å². The monoisotopic (exact) mass is 127 g/mol. The molecule has 0 aliphatic heterocycles. The molecule has 0 unspecified atom stereocenters. The smallest absolute Gasteiger partial charge is 0.360 e. The average molecular weight is 127 g/mol. The van der Waals surface area contributed by atoms with E-state index < -0.39 is 10.6 Å². The van der Waals surface area contributed by atoms with Crippen molar-refractivity contribution < 1.29 is 4.92 Å². The molecule has 0 aromatic rings. The topological polar surface area (TPSA) is 79.0 Å². The molecule has 5 heteroatoms. The van der Waals surface area contributed by atoms with Crippen LogP contribution >= 0.6 is 0 Å². The highest BCUT2D eigenvalue weighted by molar-refractivity contribution is 5.10. The van der Waals surface area contributed by atoms with E-state index in [1.807, 2.05) is 0 Å². The van der Waals surface area contributed by atoms with Gasteiger partial charge in [-0.25, -0.2) is 0 Å². The fraction of sp³-hybridized carbons (Fsp3) is 0.250. The number of nitrogens with one attached hydrogen (secondary N) is 1. The van der Waals surface area contributed by atoms with E-state index in [1.54, 1.807) is 0 Å². The molecule has 0 saturated carbocycles. The number of rotatable bonds is 2. The highest BCUT2D eigenvalue weighted by atomic mass is 16.6. The summed E-state index contributed by atoms with van der Waals surface area (Å²) < 4.78 is 0. The van der Waals surface area contributed by atoms with Gasteiger partial charge in [0.1, 0.15) is 0 Å². The first-order valence-electron chi connectivity index (χ1n) is 2.14. The predicted molar refractivity (Wildman–Crippen MR) is 29.8 cm³/mol. The Morgan fingerprint density at radius 1 is 2.00 bits per heavy atom. The molecule has 0 aliphatic carbocycles. The zero-order valence-corrected chi connectivity index (χ0v) is 4.79. The molecule has 0 aromatic carbocycles. The second-order valence-electron chi connectivity index (χ2n) is 1.19. The minimum absolute atomic E-state index is 0.488. The Morgan fingerprint density at radius 2 is 2.56 bits per heavy atom. The van der Waals surface area contributed by atoms with Gasteiger partial charge in [0, 0.05) is 7.05 Å². The maximum absolute atomic E-state index is 9.80. The fourth-order valence-electron chi connectivity index (χ4n) is 0.263. The molecule has 5 nitrogen and oxygen atoms in total. The van der Waals surface area contributed by atoms with Crippen LogP contribution in [-0.4, -0.2) is 12.0 Å². The molecule has 0 spiro atoms. The lowest BCUT2D eigenvalue weighted by Gasteiger charge is -1.84. The van der Waals surface area contributed by atoms with Gasteiger partial charge in [-0.1, -0.05) is 0 Å². The largest absolute Gasteiger partial charge is 0.388 e. The van der Waals surface area contributed by atoms with Crippen LogP contribution in [0.5, 0.6) is 0 Å². The lowest BCUT2D eigenvalue weighted by atomic mass is 10.5. The van der Waals surface area contributed by atoms with Crippen molar-refractivity contribution >= 4 is 0 Å². The summed E-state index contributed by atoms with van der Waals surface area (Å²) in [6.07, 6.45) is 1.03. The first kappa shape index (κ1) is 7.43. The van der Waals surface area contributed by atoms with Crippen LogP contribution in [0.1, 0.15) is 0 Å². The summed E-state index contributed by atoms with van der Waals surface area (Å²) in [5.41, 5.74) is -0.488. The van der Waals surface area contributed by atoms with Gasteiger partial charge in [-0.15, -0.1) is 0 Å². The number of hydrogen-bond acceptors (Lipinski definition) is 4. The standard InChI is InChI=1S/C4H5N3O2/c1-6-3-4(2-5)7(8)9/h3,6H,1H3. The number of nitrogens with zero attached hydrogens (tertiary/aromatic N) is 2. The first-order chi connectivity index (χ1) is 4.22. The third kappa shape index (κ3) is 2.29. The van der Waals surface area contributed by atoms with Crippen LogP contribution in [0, 0.1) is 21.4 Å². The van der Waals surface area contributed by atoms with Gasteiger partial charge in [0.25, 0.3) is 0 Å². The predicted octanol–water partition coefficient (Wildman–Crippen LogP) is -0.153. The summed E-state index contributed by atoms with van der Waals surface area (Å²) in [5.74, 6) is 0. The summed E-state index contributed by atoms with van der Waals surface area (Å²) in [5, 5.41) is 20.2. The van der Waals surface area contributed by atoms with Crippen molar-refractivity contribution in [2.24, 2.45) is 0 Å². The van der Waals surface area contributed by atoms with Crippen molar-refractivity contribution in [3.63, 3.8) is 0 Å². The molecule has 0 radical (unpaired) electrons. The molecule has 0 bridgehead atoms. The van der Waals surface area contributed by atoms with E-state index in [4.69, 9.17) is 5.26 Å². The van der Waals surface area contributed by atoms with Crippen LogP contribution in [0.2, 0.25) is 0 Å². The van der Waals surface area contributed by atoms with E-state index in [2.05, 4.69) is 5.32 Å². The molecule has 0 fully saturated rings. The van der Waals surface area contributed by atoms with Crippen LogP contribution in [0.3, 0.4) is 0 Å². The molecule has 0 saturated heterocycles. The molecule has 0 atom stereocenters. The third-order valence-corrected chi connectivity index (χ3v) is 0.592. The second-order valence-corrected chi connectivity index (χ2v) is 1.19. The van der Waals surface area contributed by atoms with Gasteiger partial charge in [-0.3, -0.25) is 10.1 Å². The third-order valence-electron chi connectivity index (χ3n) is 0.592. The zero-order chi connectivity index (χ0) is 7.28. The van der Waals surface area contributed by atoms with E-state index in [9.17, 15) is 10.1 Å². The van der Waals surface area contributed by atoms with Crippen LogP contribution < -0.4 is 5.32 Å². The molecule has 9 heavy (non-hydrogen) atoms. The van der Waals surface area contributed by atoms with E-state index >= 15 is 0 Å². The highest BCUT2D eigenvalue weighted by Gasteiger charge is 2.05. The Kier molecular flexibility index (Phi) is 2.84. The van der Waals surface area contributed by atoms with Gasteiger partial charge in [0.15, 0.2) is 6.07 Å². The number of hydrogen-bond donors (Lipinski definition) is 1. The van der Waals surface area contributed by atoms with Gasteiger partial charge >= 0.3 is 5.70 Å². The van der Waals surface area contributed by atoms with Crippen LogP contribution in [-0.2, 0) is 0 Å². The Hall–Kier alpha value is -1.57. The van der Waals surface area contributed by atoms with Gasteiger partial charge in [0.2, 0.25) is 0 Å². The molecule has 0 aromatic heterocycles. The quantitative estimate of drug-likeness (QED) is 0.317. The summed E-state index contributed by atoms with van der Waals surface area (Å²) in [4.78, 5) is 9.04. The van der Waals surface area contributed by atoms with Gasteiger partial charge in [-0.05, 0) is 0 Å². The Bertz CT molecular complexity index is 179. The maximum Gasteiger partial charge on any atom is 0.360 e. The highest BCUT2D eigenvalue weighted by Crippen LogP contribution is 1.87. The van der Waals surface area contributed by atoms with E-state index in [1.165, 1.54) is 13.1 Å². The van der Waals surface area contributed by atoms with Crippen LogP contribution in [0.15, 0.2) is 11.9 Å². The van der Waals surface area contributed by atoms with Gasteiger partial charge in [0.05, 0.1) is 11.1 Å². The van der Waals surface area contributed by atoms with Crippen molar-refractivity contribution in [3.05, 3.63) is 22.0 Å². The minimum Gasteiger partial charge on any atom is -0.388 e. The van der Waals surface area contributed by atoms with E-state index in [0.29, 0.717) is 0 Å². The van der Waals surface area contributed by atoms with Crippen LogP contribution in [0.25, 0.3) is 0 Å². The Morgan fingerprint density at radius 3 is 2.67 bits per heavy atom. The molecule has 0 aliphatic rings. The van der Waals surface area contributed by atoms with Gasteiger partial charge in [-0.2, -0.15) is 5.26 Å². The number of nitro groups is 1. The average Bonchev–Trinajstić information content (AvgIpc) is 1.82. The van der Waals surface area contributed by atoms with E-state index in [-0.39, 0.29) is 0 Å². The SMILES string of the molecule is CNC=C(C#N)[N+](=O)[O-]. The first-order valence-corrected chi connectivity index (χ1v) is 2.14. The van der Waals surface area contributed by atoms with Crippen molar-refractivity contribution in [2.75, 3.05) is 7.05 Å². The molecule has 0 amide bonds. The normalized spacial score (nSPS) is 10.0. The maximum atomic E-state index is 9.80. The molecule has 0 rings (SSSR count). The minimum atomic E-state index is -0.753. The zero-order valence-electron chi connectivity index (χ0n) is 4.79. The summed E-state index contributed by atoms with van der Waals surface area (Å²) in [6, 6.07) is 1.40. The Labute approximate surface area is 51.7 Å². The number of nitriles is 1. The molecule has 0 heterocycles. The van der Waals surface area contributed by atoms with Crippen molar-refractivity contribution in [1.82, 2.24) is 5.32 Å². The lowest BCUT2D eigenvalue weighted by molar-refractivity contribution is -0.417. The summed E-state index contributed by atoms with van der Waals surface area (Å²) in [6.45, 7) is 0.